The van der Waals surface area contributed by atoms with Gasteiger partial charge in [-0.3, -0.25) is 0 Å². The van der Waals surface area contributed by atoms with Crippen molar-refractivity contribution in [3.63, 3.8) is 0 Å². The molecule has 2 N–H and O–H groups in total. The van der Waals surface area contributed by atoms with Gasteiger partial charge in [-0.2, -0.15) is 0 Å². The molecule has 0 aliphatic carbocycles. The Labute approximate surface area is 238 Å². The number of esters is 1. The van der Waals surface area contributed by atoms with Crippen LogP contribution in [0.15, 0.2) is 65.1 Å². The van der Waals surface area contributed by atoms with Gasteiger partial charge in [-0.15, -0.1) is 0 Å². The molecule has 0 spiro atoms. The average Bonchev–Trinajstić information content (AvgIpc) is 3.38. The lowest BCUT2D eigenvalue weighted by atomic mass is 9.91. The lowest BCUT2D eigenvalue weighted by Gasteiger charge is -2.46. The fourth-order valence-corrected chi connectivity index (χ4v) is 5.10. The van der Waals surface area contributed by atoms with Crippen LogP contribution in [-0.4, -0.2) is 37.0 Å². The van der Waals surface area contributed by atoms with Gasteiger partial charge in [-0.25, -0.2) is 9.18 Å². The molecule has 8 nitrogen and oxygen atoms in total. The number of aliphatic hydroxyl groups excluding tert-OH is 1. The summed E-state index contributed by atoms with van der Waals surface area (Å²) < 4.78 is 36.8. The highest BCUT2D eigenvalue weighted by atomic mass is 19.1. The Morgan fingerprint density at radius 1 is 1.05 bits per heavy atom. The third kappa shape index (κ3) is 5.45. The predicted octanol–water partition coefficient (Wildman–Crippen LogP) is 6.47. The molecule has 0 fully saturated rings. The molecule has 1 atom stereocenters. The molecule has 0 amide bonds. The van der Waals surface area contributed by atoms with E-state index in [4.69, 9.17) is 18.6 Å². The van der Waals surface area contributed by atoms with Gasteiger partial charge in [-0.05, 0) is 75.2 Å². The zero-order chi connectivity index (χ0) is 29.5. The van der Waals surface area contributed by atoms with Gasteiger partial charge < -0.3 is 34.0 Å². The molecule has 1 aliphatic rings. The molecule has 1 aliphatic heterocycles. The van der Waals surface area contributed by atoms with E-state index in [9.17, 15) is 14.3 Å². The van der Waals surface area contributed by atoms with Crippen LogP contribution in [0.1, 0.15) is 41.3 Å². The van der Waals surface area contributed by atoms with Gasteiger partial charge >= 0.3 is 5.97 Å². The molecule has 41 heavy (non-hydrogen) atoms. The molecular formula is C32H33FN2O6. The van der Waals surface area contributed by atoms with E-state index in [-0.39, 0.29) is 18.1 Å². The lowest BCUT2D eigenvalue weighted by molar-refractivity contribution is 0.0699. The van der Waals surface area contributed by atoms with Crippen molar-refractivity contribution in [2.45, 2.75) is 46.1 Å². The van der Waals surface area contributed by atoms with Crippen LogP contribution in [0.2, 0.25) is 0 Å². The van der Waals surface area contributed by atoms with E-state index in [2.05, 4.69) is 5.32 Å². The number of ether oxygens (including phenoxy) is 3. The number of nitrogens with zero attached hydrogens (tertiary/aromatic N) is 1. The van der Waals surface area contributed by atoms with Crippen LogP contribution in [0.25, 0.3) is 11.1 Å². The number of halogens is 1. The second-order valence-electron chi connectivity index (χ2n) is 10.7. The van der Waals surface area contributed by atoms with Crippen LogP contribution in [0.5, 0.6) is 17.2 Å². The molecular weight excluding hydrogens is 527 g/mol. The quantitative estimate of drug-likeness (QED) is 0.196. The van der Waals surface area contributed by atoms with Crippen molar-refractivity contribution >= 4 is 17.3 Å². The largest absolute Gasteiger partial charge is 0.496 e. The number of fused-ring (bicyclic) bond motifs is 1. The number of nitrogens with one attached hydrogen (secondary N) is 1. The van der Waals surface area contributed by atoms with E-state index in [0.29, 0.717) is 22.8 Å². The van der Waals surface area contributed by atoms with Crippen LogP contribution in [0.4, 0.5) is 15.8 Å². The number of furan rings is 1. The molecule has 3 aromatic carbocycles. The number of rotatable bonds is 7. The number of hydrogen-bond acceptors (Lipinski definition) is 8. The van der Waals surface area contributed by atoms with Crippen LogP contribution < -0.4 is 24.4 Å². The van der Waals surface area contributed by atoms with Gasteiger partial charge in [-0.1, -0.05) is 12.1 Å². The highest BCUT2D eigenvalue weighted by Crippen LogP contribution is 2.46. The standard InChI is InChI=1S/C32H33FN2O6/c1-18-7-9-20(33)15-27(18)39-17-24-22(12-13-25-29(24)35(5)31(37)32(3,4)34-25)23-11-10-21(16-28(23)38-6)41-30(36)26-14-8-19(2)40-26/h7-16,31,34,37H,17H2,1-6H3. The minimum absolute atomic E-state index is 0.0830. The molecule has 1 unspecified atom stereocenters. The first-order chi connectivity index (χ1) is 19.5. The number of anilines is 2. The maximum Gasteiger partial charge on any atom is 0.379 e. The summed E-state index contributed by atoms with van der Waals surface area (Å²) in [6.07, 6.45) is -0.839. The van der Waals surface area contributed by atoms with Crippen molar-refractivity contribution in [3.8, 4) is 28.4 Å². The SMILES string of the molecule is COc1cc(OC(=O)c2ccc(C)o2)ccc1-c1ccc2c(c1COc1cc(F)ccc1C)N(C)C(O)C(C)(C)N2. The Morgan fingerprint density at radius 3 is 2.51 bits per heavy atom. The number of aliphatic hydroxyl groups is 1. The summed E-state index contributed by atoms with van der Waals surface area (Å²) in [7, 11) is 3.36. The maximum atomic E-state index is 14.0. The molecule has 9 heteroatoms. The van der Waals surface area contributed by atoms with E-state index in [1.807, 2.05) is 40.0 Å². The summed E-state index contributed by atoms with van der Waals surface area (Å²) in [6, 6.07) is 16.6. The molecule has 0 saturated carbocycles. The lowest BCUT2D eigenvalue weighted by Crippen LogP contribution is -2.56. The van der Waals surface area contributed by atoms with Gasteiger partial charge in [0.2, 0.25) is 5.76 Å². The van der Waals surface area contributed by atoms with Gasteiger partial charge in [0.15, 0.2) is 0 Å². The van der Waals surface area contributed by atoms with Crippen LogP contribution in [0, 0.1) is 19.7 Å². The van der Waals surface area contributed by atoms with E-state index in [0.717, 1.165) is 28.1 Å². The van der Waals surface area contributed by atoms with Crippen molar-refractivity contribution in [2.75, 3.05) is 24.4 Å². The summed E-state index contributed by atoms with van der Waals surface area (Å²) in [6.45, 7) is 7.52. The fourth-order valence-electron chi connectivity index (χ4n) is 5.10. The molecule has 5 rings (SSSR count). The Kier molecular flexibility index (Phi) is 7.40. The molecule has 0 radical (unpaired) electrons. The highest BCUT2D eigenvalue weighted by Gasteiger charge is 2.38. The first kappa shape index (κ1) is 28.0. The van der Waals surface area contributed by atoms with Crippen molar-refractivity contribution in [1.29, 1.82) is 0 Å². The predicted molar refractivity (Wildman–Crippen MR) is 154 cm³/mol. The number of aryl methyl sites for hydroxylation is 2. The minimum atomic E-state index is -0.839. The summed E-state index contributed by atoms with van der Waals surface area (Å²) in [5.74, 6) is 0.855. The molecule has 2 heterocycles. The fraction of sp³-hybridized carbons (Fsp3) is 0.281. The van der Waals surface area contributed by atoms with Crippen molar-refractivity contribution in [1.82, 2.24) is 0 Å². The van der Waals surface area contributed by atoms with Gasteiger partial charge in [0.05, 0.1) is 24.0 Å². The summed E-state index contributed by atoms with van der Waals surface area (Å²) >= 11 is 0. The first-order valence-corrected chi connectivity index (χ1v) is 13.2. The smallest absolute Gasteiger partial charge is 0.379 e. The van der Waals surface area contributed by atoms with E-state index < -0.39 is 23.6 Å². The zero-order valence-corrected chi connectivity index (χ0v) is 23.9. The average molecular weight is 561 g/mol. The van der Waals surface area contributed by atoms with E-state index in [1.165, 1.54) is 19.2 Å². The Hall–Kier alpha value is -4.50. The first-order valence-electron chi connectivity index (χ1n) is 13.2. The summed E-state index contributed by atoms with van der Waals surface area (Å²) in [5, 5.41) is 14.5. The second kappa shape index (κ2) is 10.8. The molecule has 4 aromatic rings. The van der Waals surface area contributed by atoms with Crippen LogP contribution in [0.3, 0.4) is 0 Å². The van der Waals surface area contributed by atoms with Gasteiger partial charge in [0.25, 0.3) is 0 Å². The number of carbonyl (C=O) groups excluding carboxylic acids is 1. The number of likely N-dealkylation sites (N-methyl/N-ethyl adjacent to an activating group) is 1. The van der Waals surface area contributed by atoms with Gasteiger partial charge in [0.1, 0.15) is 41.7 Å². The topological polar surface area (TPSA) is 93.4 Å². The normalized spacial score (nSPS) is 15.6. The number of methoxy groups -OCH3 is 1. The molecule has 0 saturated heterocycles. The summed E-state index contributed by atoms with van der Waals surface area (Å²) in [4.78, 5) is 14.4. The van der Waals surface area contributed by atoms with Gasteiger partial charge in [0, 0.05) is 30.3 Å². The summed E-state index contributed by atoms with van der Waals surface area (Å²) in [5.41, 5.74) is 3.98. The maximum absolute atomic E-state index is 14.0. The van der Waals surface area contributed by atoms with Crippen LogP contribution >= 0.6 is 0 Å². The second-order valence-corrected chi connectivity index (χ2v) is 10.7. The van der Waals surface area contributed by atoms with Crippen molar-refractivity contribution in [2.24, 2.45) is 0 Å². The third-order valence-corrected chi connectivity index (χ3v) is 7.24. The number of hydrogen-bond donors (Lipinski definition) is 2. The Bertz CT molecular complexity index is 1610. The van der Waals surface area contributed by atoms with Crippen LogP contribution in [-0.2, 0) is 6.61 Å². The Balaban J connectivity index is 1.57. The Morgan fingerprint density at radius 2 is 1.80 bits per heavy atom. The molecule has 0 bridgehead atoms. The molecule has 214 valence electrons. The molecule has 1 aromatic heterocycles. The highest BCUT2D eigenvalue weighted by molar-refractivity contribution is 5.89. The minimum Gasteiger partial charge on any atom is -0.496 e. The monoisotopic (exact) mass is 560 g/mol. The van der Waals surface area contributed by atoms with Crippen molar-refractivity contribution < 1.29 is 32.9 Å². The van der Waals surface area contributed by atoms with E-state index >= 15 is 0 Å². The third-order valence-electron chi connectivity index (χ3n) is 7.24. The number of carbonyl (C=O) groups is 1. The zero-order valence-electron chi connectivity index (χ0n) is 23.9. The number of benzene rings is 3. The van der Waals surface area contributed by atoms with E-state index in [1.54, 1.807) is 48.2 Å². The van der Waals surface area contributed by atoms with Crippen molar-refractivity contribution in [3.05, 3.63) is 89.1 Å².